The number of hydrogen-bond donors (Lipinski definition) is 1. The summed E-state index contributed by atoms with van der Waals surface area (Å²) in [6.45, 7) is 5.49. The van der Waals surface area contributed by atoms with E-state index in [0.717, 1.165) is 29.8 Å². The van der Waals surface area contributed by atoms with Crippen LogP contribution in [0.3, 0.4) is 0 Å². The minimum Gasteiger partial charge on any atom is -0.339 e. The minimum atomic E-state index is 0.400. The third-order valence-corrected chi connectivity index (χ3v) is 5.21. The summed E-state index contributed by atoms with van der Waals surface area (Å²) in [4.78, 5) is 4.67. The lowest BCUT2D eigenvalue weighted by molar-refractivity contribution is 0.303. The van der Waals surface area contributed by atoms with Crippen LogP contribution in [0.4, 0.5) is 0 Å². The van der Waals surface area contributed by atoms with E-state index in [9.17, 15) is 0 Å². The van der Waals surface area contributed by atoms with Crippen LogP contribution in [0.1, 0.15) is 76.4 Å². The predicted molar refractivity (Wildman–Crippen MR) is 88.7 cm³/mol. The van der Waals surface area contributed by atoms with Gasteiger partial charge in [0, 0.05) is 6.04 Å². The predicted octanol–water partition coefficient (Wildman–Crippen LogP) is 4.13. The van der Waals surface area contributed by atoms with Crippen molar-refractivity contribution in [2.45, 2.75) is 76.5 Å². The average Bonchev–Trinajstić information content (AvgIpc) is 2.83. The highest BCUT2D eigenvalue weighted by atomic mass is 32.2. The fourth-order valence-corrected chi connectivity index (χ4v) is 3.69. The molecule has 0 amide bonds. The first-order chi connectivity index (χ1) is 10.3. The van der Waals surface area contributed by atoms with Crippen molar-refractivity contribution in [2.24, 2.45) is 0 Å². The molecule has 1 aromatic rings. The second kappa shape index (κ2) is 9.46. The molecule has 4 nitrogen and oxygen atoms in total. The molecule has 2 unspecified atom stereocenters. The number of nitrogens with zero attached hydrogens (tertiary/aromatic N) is 2. The summed E-state index contributed by atoms with van der Waals surface area (Å²) in [6, 6.07) is 0.504. The molecule has 0 spiro atoms. The Kier molecular flexibility index (Phi) is 7.58. The van der Waals surface area contributed by atoms with Crippen molar-refractivity contribution in [3.05, 3.63) is 11.7 Å². The standard InChI is InChI=1S/C16H29N3OS/c1-3-10-17-14-9-7-5-6-8-13(14)16-18-15(19-20-16)12-21-11-4-2/h13-14,17H,3-12H2,1-2H3. The maximum absolute atomic E-state index is 5.59. The zero-order valence-electron chi connectivity index (χ0n) is 13.4. The van der Waals surface area contributed by atoms with Gasteiger partial charge in [0.1, 0.15) is 0 Å². The topological polar surface area (TPSA) is 51.0 Å². The number of rotatable bonds is 8. The summed E-state index contributed by atoms with van der Waals surface area (Å²) in [6.07, 6.45) is 8.68. The quantitative estimate of drug-likeness (QED) is 0.578. The summed E-state index contributed by atoms with van der Waals surface area (Å²) < 4.78 is 5.59. The molecular formula is C16H29N3OS. The second-order valence-electron chi connectivity index (χ2n) is 5.91. The number of nitrogens with one attached hydrogen (secondary N) is 1. The molecule has 0 saturated heterocycles. The molecule has 1 aliphatic rings. The van der Waals surface area contributed by atoms with Gasteiger partial charge in [-0.3, -0.25) is 0 Å². The smallest absolute Gasteiger partial charge is 0.231 e. The van der Waals surface area contributed by atoms with Gasteiger partial charge in [-0.05, 0) is 38.0 Å². The lowest BCUT2D eigenvalue weighted by Crippen LogP contribution is -2.35. The zero-order chi connectivity index (χ0) is 14.9. The third-order valence-electron chi connectivity index (χ3n) is 4.05. The Morgan fingerprint density at radius 1 is 1.19 bits per heavy atom. The van der Waals surface area contributed by atoms with Crippen molar-refractivity contribution in [3.8, 4) is 0 Å². The van der Waals surface area contributed by atoms with Crippen molar-refractivity contribution in [1.82, 2.24) is 15.5 Å². The zero-order valence-corrected chi connectivity index (χ0v) is 14.3. The number of thioether (sulfide) groups is 1. The molecule has 1 aromatic heterocycles. The highest BCUT2D eigenvalue weighted by Gasteiger charge is 2.29. The normalized spacial score (nSPS) is 23.1. The molecular weight excluding hydrogens is 282 g/mol. The van der Waals surface area contributed by atoms with E-state index in [-0.39, 0.29) is 0 Å². The Morgan fingerprint density at radius 2 is 2.05 bits per heavy atom. The first-order valence-corrected chi connectivity index (χ1v) is 9.64. The number of aromatic nitrogens is 2. The van der Waals surface area contributed by atoms with Gasteiger partial charge in [0.15, 0.2) is 5.82 Å². The maximum Gasteiger partial charge on any atom is 0.231 e. The van der Waals surface area contributed by atoms with E-state index in [0.29, 0.717) is 12.0 Å². The molecule has 1 fully saturated rings. The van der Waals surface area contributed by atoms with Gasteiger partial charge in [0.05, 0.1) is 11.7 Å². The summed E-state index contributed by atoms with van der Waals surface area (Å²) in [7, 11) is 0. The van der Waals surface area contributed by atoms with E-state index < -0.39 is 0 Å². The van der Waals surface area contributed by atoms with Crippen molar-refractivity contribution >= 4 is 11.8 Å². The monoisotopic (exact) mass is 311 g/mol. The lowest BCUT2D eigenvalue weighted by atomic mass is 9.94. The summed E-state index contributed by atoms with van der Waals surface area (Å²) >= 11 is 1.88. The largest absolute Gasteiger partial charge is 0.339 e. The molecule has 0 bridgehead atoms. The molecule has 1 saturated carbocycles. The average molecular weight is 311 g/mol. The van der Waals surface area contributed by atoms with Crippen molar-refractivity contribution in [1.29, 1.82) is 0 Å². The van der Waals surface area contributed by atoms with Crippen molar-refractivity contribution in [2.75, 3.05) is 12.3 Å². The second-order valence-corrected chi connectivity index (χ2v) is 7.01. The fourth-order valence-electron chi connectivity index (χ4n) is 2.96. The van der Waals surface area contributed by atoms with Gasteiger partial charge < -0.3 is 9.84 Å². The van der Waals surface area contributed by atoms with Crippen LogP contribution in [0.25, 0.3) is 0 Å². The molecule has 21 heavy (non-hydrogen) atoms. The molecule has 0 radical (unpaired) electrons. The van der Waals surface area contributed by atoms with Gasteiger partial charge in [-0.2, -0.15) is 16.7 Å². The van der Waals surface area contributed by atoms with Crippen LogP contribution in [0, 0.1) is 0 Å². The maximum atomic E-state index is 5.59. The molecule has 0 aliphatic heterocycles. The highest BCUT2D eigenvalue weighted by molar-refractivity contribution is 7.98. The molecule has 1 N–H and O–H groups in total. The molecule has 1 aliphatic carbocycles. The van der Waals surface area contributed by atoms with Crippen LogP contribution in [-0.2, 0) is 5.75 Å². The van der Waals surface area contributed by atoms with Crippen LogP contribution in [0.5, 0.6) is 0 Å². The van der Waals surface area contributed by atoms with Crippen LogP contribution < -0.4 is 5.32 Å². The van der Waals surface area contributed by atoms with Gasteiger partial charge in [-0.25, -0.2) is 0 Å². The van der Waals surface area contributed by atoms with E-state index >= 15 is 0 Å². The van der Waals surface area contributed by atoms with Crippen LogP contribution in [0.15, 0.2) is 4.52 Å². The summed E-state index contributed by atoms with van der Waals surface area (Å²) in [5.41, 5.74) is 0. The van der Waals surface area contributed by atoms with E-state index in [2.05, 4.69) is 29.3 Å². The molecule has 1 heterocycles. The Bertz CT molecular complexity index is 397. The first-order valence-electron chi connectivity index (χ1n) is 8.48. The highest BCUT2D eigenvalue weighted by Crippen LogP contribution is 2.31. The Morgan fingerprint density at radius 3 is 2.86 bits per heavy atom. The first kappa shape index (κ1) is 16.8. The molecule has 2 rings (SSSR count). The van der Waals surface area contributed by atoms with E-state index in [1.54, 1.807) is 0 Å². The van der Waals surface area contributed by atoms with E-state index in [1.807, 2.05) is 11.8 Å². The molecule has 120 valence electrons. The van der Waals surface area contributed by atoms with Gasteiger partial charge in [0.25, 0.3) is 0 Å². The molecule has 0 aromatic carbocycles. The van der Waals surface area contributed by atoms with Crippen molar-refractivity contribution < 1.29 is 4.52 Å². The van der Waals surface area contributed by atoms with E-state index in [1.165, 1.54) is 44.9 Å². The minimum absolute atomic E-state index is 0.400. The number of hydrogen-bond acceptors (Lipinski definition) is 5. The molecule has 2 atom stereocenters. The lowest BCUT2D eigenvalue weighted by Gasteiger charge is -2.23. The van der Waals surface area contributed by atoms with Gasteiger partial charge in [0.2, 0.25) is 5.89 Å². The third kappa shape index (κ3) is 5.29. The summed E-state index contributed by atoms with van der Waals surface area (Å²) in [5, 5.41) is 7.86. The van der Waals surface area contributed by atoms with E-state index in [4.69, 9.17) is 4.52 Å². The van der Waals surface area contributed by atoms with Gasteiger partial charge >= 0.3 is 0 Å². The SMILES string of the molecule is CCCNC1CCCCCC1c1nc(CSCCC)no1. The van der Waals surface area contributed by atoms with Crippen LogP contribution in [0.2, 0.25) is 0 Å². The fraction of sp³-hybridized carbons (Fsp3) is 0.875. The van der Waals surface area contributed by atoms with Crippen LogP contribution >= 0.6 is 11.8 Å². The van der Waals surface area contributed by atoms with Crippen LogP contribution in [-0.4, -0.2) is 28.5 Å². The Balaban J connectivity index is 1.98. The van der Waals surface area contributed by atoms with Gasteiger partial charge in [-0.15, -0.1) is 0 Å². The Hall–Kier alpha value is -0.550. The summed E-state index contributed by atoms with van der Waals surface area (Å²) in [5.74, 6) is 4.15. The molecule has 5 heteroatoms. The van der Waals surface area contributed by atoms with Crippen molar-refractivity contribution in [3.63, 3.8) is 0 Å². The van der Waals surface area contributed by atoms with Gasteiger partial charge in [-0.1, -0.05) is 38.3 Å². The Labute approximate surface area is 132 Å².